The lowest BCUT2D eigenvalue weighted by Crippen LogP contribution is -2.42. The average molecular weight is 295 g/mol. The maximum atomic E-state index is 12.3. The van der Waals surface area contributed by atoms with E-state index in [1.165, 1.54) is 12.8 Å². The van der Waals surface area contributed by atoms with Gasteiger partial charge in [-0.15, -0.1) is 11.3 Å². The maximum absolute atomic E-state index is 12.3. The Morgan fingerprint density at radius 3 is 3.05 bits per heavy atom. The van der Waals surface area contributed by atoms with Gasteiger partial charge in [0.05, 0.1) is 5.54 Å². The van der Waals surface area contributed by atoms with Crippen LogP contribution in [0.3, 0.4) is 0 Å². The molecule has 1 aromatic rings. The fraction of sp³-hybridized carbons (Fsp3) is 0.733. The lowest BCUT2D eigenvalue weighted by atomic mass is 9.85. The van der Waals surface area contributed by atoms with Crippen LogP contribution in [0.25, 0.3) is 0 Å². The second-order valence-electron chi connectivity index (χ2n) is 6.30. The average Bonchev–Trinajstić information content (AvgIpc) is 2.93. The fourth-order valence-corrected chi connectivity index (χ4v) is 3.53. The van der Waals surface area contributed by atoms with Crippen LogP contribution in [0.4, 0.5) is 0 Å². The van der Waals surface area contributed by atoms with Crippen LogP contribution in [-0.4, -0.2) is 24.0 Å². The largest absolute Gasteiger partial charge is 0.345 e. The van der Waals surface area contributed by atoms with Gasteiger partial charge >= 0.3 is 0 Å². The van der Waals surface area contributed by atoms with Crippen molar-refractivity contribution in [3.05, 3.63) is 16.6 Å². The number of nitrogens with zero attached hydrogens (tertiary/aromatic N) is 1. The lowest BCUT2D eigenvalue weighted by Gasteiger charge is -2.29. The van der Waals surface area contributed by atoms with Crippen LogP contribution < -0.4 is 10.6 Å². The molecule has 0 bridgehead atoms. The third-order valence-electron chi connectivity index (χ3n) is 4.07. The van der Waals surface area contributed by atoms with Gasteiger partial charge in [0.1, 0.15) is 5.01 Å². The van der Waals surface area contributed by atoms with Gasteiger partial charge in [-0.3, -0.25) is 4.79 Å². The van der Waals surface area contributed by atoms with Crippen LogP contribution in [0, 0.1) is 11.8 Å². The van der Waals surface area contributed by atoms with Gasteiger partial charge in [-0.05, 0) is 51.6 Å². The van der Waals surface area contributed by atoms with Crippen molar-refractivity contribution in [2.45, 2.75) is 45.6 Å². The smallest absolute Gasteiger partial charge is 0.221 e. The number of carbonyl (C=O) groups is 1. The number of hydrogen-bond acceptors (Lipinski definition) is 4. The van der Waals surface area contributed by atoms with Crippen LogP contribution in [-0.2, 0) is 10.3 Å². The molecule has 0 spiro atoms. The van der Waals surface area contributed by atoms with Crippen LogP contribution in [0.5, 0.6) is 0 Å². The summed E-state index contributed by atoms with van der Waals surface area (Å²) in [6.07, 6.45) is 4.84. The van der Waals surface area contributed by atoms with E-state index in [0.717, 1.165) is 18.1 Å². The van der Waals surface area contributed by atoms with E-state index in [1.807, 2.05) is 19.2 Å². The van der Waals surface area contributed by atoms with Crippen molar-refractivity contribution in [1.82, 2.24) is 15.6 Å². The summed E-state index contributed by atoms with van der Waals surface area (Å²) in [6.45, 7) is 8.37. The van der Waals surface area contributed by atoms with Gasteiger partial charge in [0, 0.05) is 18.0 Å². The van der Waals surface area contributed by atoms with Crippen molar-refractivity contribution in [2.24, 2.45) is 11.8 Å². The van der Waals surface area contributed by atoms with E-state index in [-0.39, 0.29) is 11.4 Å². The Morgan fingerprint density at radius 1 is 1.65 bits per heavy atom. The Bertz CT molecular complexity index is 424. The van der Waals surface area contributed by atoms with E-state index in [9.17, 15) is 4.79 Å². The summed E-state index contributed by atoms with van der Waals surface area (Å²) in [6, 6.07) is 0. The topological polar surface area (TPSA) is 54.0 Å². The van der Waals surface area contributed by atoms with Crippen LogP contribution in [0.15, 0.2) is 11.6 Å². The van der Waals surface area contributed by atoms with Crippen molar-refractivity contribution in [3.63, 3.8) is 0 Å². The molecule has 1 amide bonds. The molecule has 2 rings (SSSR count). The molecule has 1 fully saturated rings. The van der Waals surface area contributed by atoms with Gasteiger partial charge in [-0.25, -0.2) is 4.98 Å². The summed E-state index contributed by atoms with van der Waals surface area (Å²) < 4.78 is 0. The van der Waals surface area contributed by atoms with Crippen LogP contribution >= 0.6 is 11.3 Å². The van der Waals surface area contributed by atoms with Gasteiger partial charge in [0.25, 0.3) is 0 Å². The molecular formula is C15H25N3OS. The zero-order valence-electron chi connectivity index (χ0n) is 12.6. The van der Waals surface area contributed by atoms with E-state index in [4.69, 9.17) is 0 Å². The summed E-state index contributed by atoms with van der Waals surface area (Å²) in [5.41, 5.74) is -0.379. The Hall–Kier alpha value is -0.940. The van der Waals surface area contributed by atoms with E-state index in [0.29, 0.717) is 18.3 Å². The number of nitrogens with one attached hydrogen (secondary N) is 2. The molecule has 0 aromatic carbocycles. The molecule has 5 heteroatoms. The van der Waals surface area contributed by atoms with Gasteiger partial charge < -0.3 is 10.6 Å². The minimum absolute atomic E-state index is 0.128. The standard InChI is InChI=1S/C15H25N3OS/c1-11(12-5-4-6-16-10-12)9-13(19)18-15(2,3)14-17-7-8-20-14/h7-8,11-12,16H,4-6,9-10H2,1-3H3,(H,18,19). The molecule has 4 nitrogen and oxygen atoms in total. The molecule has 1 aliphatic rings. The Balaban J connectivity index is 1.85. The molecular weight excluding hydrogens is 270 g/mol. The molecule has 0 aliphatic carbocycles. The second kappa shape index (κ2) is 6.68. The van der Waals surface area contributed by atoms with Gasteiger partial charge in [-0.2, -0.15) is 0 Å². The first kappa shape index (κ1) is 15.4. The predicted octanol–water partition coefficient (Wildman–Crippen LogP) is 2.52. The third kappa shape index (κ3) is 4.03. The van der Waals surface area contributed by atoms with Crippen molar-refractivity contribution < 1.29 is 4.79 Å². The first-order chi connectivity index (χ1) is 9.49. The molecule has 2 unspecified atom stereocenters. The molecule has 2 heterocycles. The summed E-state index contributed by atoms with van der Waals surface area (Å²) in [5.74, 6) is 1.18. The summed E-state index contributed by atoms with van der Waals surface area (Å²) in [4.78, 5) is 16.6. The zero-order chi connectivity index (χ0) is 14.6. The monoisotopic (exact) mass is 295 g/mol. The van der Waals surface area contributed by atoms with Crippen molar-refractivity contribution in [1.29, 1.82) is 0 Å². The molecule has 112 valence electrons. The highest BCUT2D eigenvalue weighted by Gasteiger charge is 2.28. The molecule has 2 atom stereocenters. The molecule has 1 aromatic heterocycles. The highest BCUT2D eigenvalue weighted by Crippen LogP contribution is 2.25. The zero-order valence-corrected chi connectivity index (χ0v) is 13.4. The number of rotatable bonds is 5. The van der Waals surface area contributed by atoms with E-state index < -0.39 is 0 Å². The van der Waals surface area contributed by atoms with Gasteiger partial charge in [-0.1, -0.05) is 6.92 Å². The molecule has 2 N–H and O–H groups in total. The minimum atomic E-state index is -0.379. The summed E-state index contributed by atoms with van der Waals surface area (Å²) in [7, 11) is 0. The van der Waals surface area contributed by atoms with Crippen molar-refractivity contribution >= 4 is 17.2 Å². The maximum Gasteiger partial charge on any atom is 0.221 e. The Morgan fingerprint density at radius 2 is 2.45 bits per heavy atom. The first-order valence-electron chi connectivity index (χ1n) is 7.41. The van der Waals surface area contributed by atoms with Gasteiger partial charge in [0.15, 0.2) is 0 Å². The summed E-state index contributed by atoms with van der Waals surface area (Å²) in [5, 5.41) is 9.44. The highest BCUT2D eigenvalue weighted by atomic mass is 32.1. The van der Waals surface area contributed by atoms with Crippen molar-refractivity contribution in [2.75, 3.05) is 13.1 Å². The SMILES string of the molecule is CC(CC(=O)NC(C)(C)c1nccs1)C1CCCNC1. The number of piperidine rings is 1. The molecule has 0 saturated carbocycles. The quantitative estimate of drug-likeness (QED) is 0.877. The van der Waals surface area contributed by atoms with Crippen LogP contribution in [0.2, 0.25) is 0 Å². The molecule has 1 aliphatic heterocycles. The number of aromatic nitrogens is 1. The Kier molecular flexibility index (Phi) is 5.16. The molecule has 0 radical (unpaired) electrons. The van der Waals surface area contributed by atoms with Crippen LogP contribution in [0.1, 0.15) is 45.0 Å². The second-order valence-corrected chi connectivity index (χ2v) is 7.19. The number of hydrogen-bond donors (Lipinski definition) is 2. The number of amides is 1. The van der Waals surface area contributed by atoms with E-state index in [1.54, 1.807) is 17.5 Å². The number of carbonyl (C=O) groups excluding carboxylic acids is 1. The van der Waals surface area contributed by atoms with E-state index >= 15 is 0 Å². The van der Waals surface area contributed by atoms with E-state index in [2.05, 4.69) is 22.5 Å². The summed E-state index contributed by atoms with van der Waals surface area (Å²) >= 11 is 1.58. The lowest BCUT2D eigenvalue weighted by molar-refractivity contribution is -0.124. The highest BCUT2D eigenvalue weighted by molar-refractivity contribution is 7.09. The number of thiazole rings is 1. The molecule has 20 heavy (non-hydrogen) atoms. The molecule has 1 saturated heterocycles. The minimum Gasteiger partial charge on any atom is -0.345 e. The van der Waals surface area contributed by atoms with Crippen molar-refractivity contribution in [3.8, 4) is 0 Å². The van der Waals surface area contributed by atoms with Gasteiger partial charge in [0.2, 0.25) is 5.91 Å². The Labute approximate surface area is 125 Å². The predicted molar refractivity (Wildman–Crippen MR) is 82.7 cm³/mol. The fourth-order valence-electron chi connectivity index (χ4n) is 2.81. The first-order valence-corrected chi connectivity index (χ1v) is 8.28. The normalized spacial score (nSPS) is 21.4. The third-order valence-corrected chi connectivity index (χ3v) is 5.16.